The van der Waals surface area contributed by atoms with Gasteiger partial charge >= 0.3 is 12.1 Å². The number of hydrogen-bond donors (Lipinski definition) is 2. The molecule has 4 rings (SSSR count). The van der Waals surface area contributed by atoms with Crippen LogP contribution in [0.4, 0.5) is 15.4 Å². The number of aromatic nitrogens is 2. The number of urea groups is 2. The molecule has 2 saturated heterocycles. The zero-order valence-corrected chi connectivity index (χ0v) is 17.2. The van der Waals surface area contributed by atoms with Gasteiger partial charge in [0.15, 0.2) is 0 Å². The molecule has 0 aromatic carbocycles. The molecule has 30 heavy (non-hydrogen) atoms. The first-order valence-corrected chi connectivity index (χ1v) is 9.82. The van der Waals surface area contributed by atoms with Gasteiger partial charge in [0.25, 0.3) is 5.91 Å². The van der Waals surface area contributed by atoms with Crippen LogP contribution in [0.15, 0.2) is 6.20 Å². The second-order valence-corrected chi connectivity index (χ2v) is 8.67. The summed E-state index contributed by atoms with van der Waals surface area (Å²) in [7, 11) is 1.88. The molecule has 2 N–H and O–H groups in total. The van der Waals surface area contributed by atoms with Gasteiger partial charge in [0.1, 0.15) is 17.4 Å². The molecule has 11 nitrogen and oxygen atoms in total. The van der Waals surface area contributed by atoms with Crippen LogP contribution in [-0.4, -0.2) is 75.5 Å². The van der Waals surface area contributed by atoms with Gasteiger partial charge in [0.2, 0.25) is 5.82 Å². The van der Waals surface area contributed by atoms with Crippen LogP contribution in [0.2, 0.25) is 0 Å². The molecule has 0 atom stereocenters. The lowest BCUT2D eigenvalue weighted by molar-refractivity contribution is -0.125. The van der Waals surface area contributed by atoms with Crippen molar-refractivity contribution in [3.05, 3.63) is 17.6 Å². The Morgan fingerprint density at radius 1 is 1.27 bits per heavy atom. The van der Waals surface area contributed by atoms with Gasteiger partial charge in [-0.25, -0.2) is 19.6 Å². The lowest BCUT2D eigenvalue weighted by Crippen LogP contribution is -2.60. The summed E-state index contributed by atoms with van der Waals surface area (Å²) >= 11 is 0. The Balaban J connectivity index is 1.55. The number of nitrogens with zero attached hydrogens (tertiary/aromatic N) is 6. The average molecular weight is 412 g/mol. The standard InChI is InChI=1S/C19H24N8O3/c1-18(2)11-25(3)14-12(9-21-13(8-20)22-14)10-27(18)17(30)26-6-4-19(5-7-26)15(28)23-16(29)24-19/h9H,4-7,10-11H2,1-3H3,(H2,23,24,28,29). The van der Waals surface area contributed by atoms with E-state index < -0.39 is 17.1 Å². The zero-order valence-electron chi connectivity index (χ0n) is 17.2. The Kier molecular flexibility index (Phi) is 4.52. The number of rotatable bonds is 0. The van der Waals surface area contributed by atoms with E-state index >= 15 is 0 Å². The molecule has 11 heteroatoms. The van der Waals surface area contributed by atoms with Crippen LogP contribution < -0.4 is 15.5 Å². The molecule has 1 aromatic heterocycles. The van der Waals surface area contributed by atoms with Crippen molar-refractivity contribution in [3.63, 3.8) is 0 Å². The molecule has 5 amide bonds. The van der Waals surface area contributed by atoms with Crippen molar-refractivity contribution in [1.82, 2.24) is 30.4 Å². The fraction of sp³-hybridized carbons (Fsp3) is 0.579. The summed E-state index contributed by atoms with van der Waals surface area (Å²) < 4.78 is 0. The van der Waals surface area contributed by atoms with Crippen LogP contribution in [0.3, 0.4) is 0 Å². The minimum atomic E-state index is -0.920. The van der Waals surface area contributed by atoms with Gasteiger partial charge in [-0.3, -0.25) is 10.1 Å². The first kappa shape index (κ1) is 19.9. The second-order valence-electron chi connectivity index (χ2n) is 8.67. The summed E-state index contributed by atoms with van der Waals surface area (Å²) in [6.07, 6.45) is 2.34. The maximum Gasteiger partial charge on any atom is 0.322 e. The Labute approximate surface area is 174 Å². The molecule has 158 valence electrons. The van der Waals surface area contributed by atoms with Gasteiger partial charge in [0.05, 0.1) is 12.1 Å². The Morgan fingerprint density at radius 2 is 1.97 bits per heavy atom. The maximum atomic E-state index is 13.5. The zero-order chi connectivity index (χ0) is 21.7. The summed E-state index contributed by atoms with van der Waals surface area (Å²) in [5.74, 6) is 0.417. The number of likely N-dealkylation sites (tertiary alicyclic amines) is 1. The van der Waals surface area contributed by atoms with Gasteiger partial charge in [-0.2, -0.15) is 5.26 Å². The normalized spacial score (nSPS) is 22.1. The molecular weight excluding hydrogens is 388 g/mol. The van der Waals surface area contributed by atoms with Gasteiger partial charge < -0.3 is 20.0 Å². The molecule has 4 heterocycles. The van der Waals surface area contributed by atoms with E-state index in [1.807, 2.05) is 31.9 Å². The number of nitrogens with one attached hydrogen (secondary N) is 2. The van der Waals surface area contributed by atoms with Crippen LogP contribution in [0, 0.1) is 11.3 Å². The number of likely N-dealkylation sites (N-methyl/N-ethyl adjacent to an activating group) is 1. The molecule has 3 aliphatic rings. The summed E-state index contributed by atoms with van der Waals surface area (Å²) in [6.45, 7) is 5.56. The minimum Gasteiger partial charge on any atom is -0.357 e. The molecule has 1 aromatic rings. The van der Waals surface area contributed by atoms with E-state index in [1.165, 1.54) is 0 Å². The van der Waals surface area contributed by atoms with Gasteiger partial charge in [-0.05, 0) is 26.7 Å². The molecule has 2 fully saturated rings. The van der Waals surface area contributed by atoms with E-state index in [-0.39, 0.29) is 17.8 Å². The predicted molar refractivity (Wildman–Crippen MR) is 105 cm³/mol. The smallest absolute Gasteiger partial charge is 0.322 e. The summed E-state index contributed by atoms with van der Waals surface area (Å²) in [5.41, 5.74) is -0.657. The summed E-state index contributed by atoms with van der Waals surface area (Å²) in [4.78, 5) is 51.0. The number of imide groups is 1. The number of carbonyl (C=O) groups is 3. The van der Waals surface area contributed by atoms with Crippen molar-refractivity contribution in [3.8, 4) is 6.07 Å². The Hall–Kier alpha value is -3.42. The Morgan fingerprint density at radius 3 is 2.57 bits per heavy atom. The molecular formula is C19H24N8O3. The molecule has 0 saturated carbocycles. The van der Waals surface area contributed by atoms with Crippen LogP contribution >= 0.6 is 0 Å². The second kappa shape index (κ2) is 6.83. The van der Waals surface area contributed by atoms with Crippen molar-refractivity contribution in [2.45, 2.75) is 44.3 Å². The molecule has 3 aliphatic heterocycles. The fourth-order valence-corrected chi connectivity index (χ4v) is 4.48. The van der Waals surface area contributed by atoms with Crippen LogP contribution in [0.25, 0.3) is 0 Å². The quantitative estimate of drug-likeness (QED) is 0.580. The van der Waals surface area contributed by atoms with Crippen LogP contribution in [0.1, 0.15) is 38.1 Å². The predicted octanol–water partition coefficient (Wildman–Crippen LogP) is 0.173. The third-order valence-electron chi connectivity index (χ3n) is 6.12. The highest BCUT2D eigenvalue weighted by molar-refractivity contribution is 6.07. The van der Waals surface area contributed by atoms with E-state index in [0.717, 1.165) is 5.56 Å². The van der Waals surface area contributed by atoms with Gasteiger partial charge in [0, 0.05) is 38.4 Å². The van der Waals surface area contributed by atoms with E-state index in [9.17, 15) is 14.4 Å². The molecule has 0 radical (unpaired) electrons. The fourth-order valence-electron chi connectivity index (χ4n) is 4.48. The van der Waals surface area contributed by atoms with E-state index in [1.54, 1.807) is 16.0 Å². The van der Waals surface area contributed by atoms with E-state index in [2.05, 4.69) is 20.6 Å². The lowest BCUT2D eigenvalue weighted by atomic mass is 9.88. The van der Waals surface area contributed by atoms with Crippen molar-refractivity contribution in [2.75, 3.05) is 31.6 Å². The van der Waals surface area contributed by atoms with Crippen molar-refractivity contribution in [1.29, 1.82) is 5.26 Å². The Bertz CT molecular complexity index is 961. The average Bonchev–Trinajstić information content (AvgIpc) is 2.92. The number of fused-ring (bicyclic) bond motifs is 1. The molecule has 1 spiro atoms. The molecule has 0 unspecified atom stereocenters. The third-order valence-corrected chi connectivity index (χ3v) is 6.12. The number of carbonyl (C=O) groups excluding carboxylic acids is 3. The van der Waals surface area contributed by atoms with E-state index in [4.69, 9.17) is 5.26 Å². The summed E-state index contributed by atoms with van der Waals surface area (Å²) in [5, 5.41) is 14.1. The topological polar surface area (TPSA) is 135 Å². The largest absolute Gasteiger partial charge is 0.357 e. The number of anilines is 1. The van der Waals surface area contributed by atoms with Crippen molar-refractivity contribution >= 4 is 23.8 Å². The first-order valence-electron chi connectivity index (χ1n) is 9.82. The number of piperidine rings is 1. The van der Waals surface area contributed by atoms with Gasteiger partial charge in [-0.1, -0.05) is 0 Å². The first-order chi connectivity index (χ1) is 14.1. The van der Waals surface area contributed by atoms with Crippen molar-refractivity contribution < 1.29 is 14.4 Å². The summed E-state index contributed by atoms with van der Waals surface area (Å²) in [6, 6.07) is 1.34. The van der Waals surface area contributed by atoms with Crippen LogP contribution in [-0.2, 0) is 11.3 Å². The molecule has 0 aliphatic carbocycles. The van der Waals surface area contributed by atoms with Crippen LogP contribution in [0.5, 0.6) is 0 Å². The third kappa shape index (κ3) is 3.18. The number of amides is 5. The maximum absolute atomic E-state index is 13.5. The minimum absolute atomic E-state index is 0.0939. The highest BCUT2D eigenvalue weighted by Gasteiger charge is 2.49. The van der Waals surface area contributed by atoms with Gasteiger partial charge in [-0.15, -0.1) is 0 Å². The van der Waals surface area contributed by atoms with Crippen molar-refractivity contribution in [2.24, 2.45) is 0 Å². The van der Waals surface area contributed by atoms with E-state index in [0.29, 0.717) is 44.8 Å². The number of hydrogen-bond acceptors (Lipinski definition) is 7. The number of nitriles is 1. The highest BCUT2D eigenvalue weighted by atomic mass is 16.2. The monoisotopic (exact) mass is 412 g/mol. The highest BCUT2D eigenvalue weighted by Crippen LogP contribution is 2.32. The lowest BCUT2D eigenvalue weighted by Gasteiger charge is -2.44. The molecule has 0 bridgehead atoms. The SMILES string of the molecule is CN1CC(C)(C)N(C(=O)N2CCC3(CC2)NC(=O)NC3=O)Cc2cnc(C#N)nc21.